The van der Waals surface area contributed by atoms with Gasteiger partial charge in [0.2, 0.25) is 5.91 Å². The fraction of sp³-hybridized carbons (Fsp3) is 0.467. The zero-order valence-electron chi connectivity index (χ0n) is 22.6. The van der Waals surface area contributed by atoms with Crippen LogP contribution in [-0.2, 0) is 23.2 Å². The van der Waals surface area contributed by atoms with Crippen molar-refractivity contribution in [3.8, 4) is 22.8 Å². The van der Waals surface area contributed by atoms with Crippen molar-refractivity contribution < 1.29 is 18.8 Å². The number of hydrogen-bond acceptors (Lipinski definition) is 6. The quantitative estimate of drug-likeness (QED) is 0.419. The minimum Gasteiger partial charge on any atom is -0.493 e. The molecule has 2 N–H and O–H groups in total. The van der Waals surface area contributed by atoms with Gasteiger partial charge in [-0.05, 0) is 66.4 Å². The third-order valence-electron chi connectivity index (χ3n) is 7.22. The molecule has 0 aliphatic carbocycles. The Bertz CT molecular complexity index is 1180. The number of aromatic nitrogens is 1. The molecule has 2 heterocycles. The van der Waals surface area contributed by atoms with E-state index in [4.69, 9.17) is 14.0 Å². The lowest BCUT2D eigenvalue weighted by Gasteiger charge is -2.31. The first kappa shape index (κ1) is 26.7. The average molecular weight is 506 g/mol. The Morgan fingerprint density at radius 1 is 1.05 bits per heavy atom. The van der Waals surface area contributed by atoms with E-state index in [0.29, 0.717) is 30.4 Å². The molecule has 3 aromatic rings. The summed E-state index contributed by atoms with van der Waals surface area (Å²) in [6.45, 7) is 8.87. The number of amides is 1. The molecule has 0 saturated carbocycles. The molecule has 2 aromatic carbocycles. The average Bonchev–Trinajstić information content (AvgIpc) is 3.36. The van der Waals surface area contributed by atoms with Crippen LogP contribution in [0.15, 0.2) is 53.1 Å². The lowest BCUT2D eigenvalue weighted by molar-refractivity contribution is -0.122. The molecule has 1 aliphatic rings. The number of carbonyl (C=O) groups excluding carboxylic acids is 1. The van der Waals surface area contributed by atoms with Crippen molar-refractivity contribution in [1.82, 2.24) is 15.8 Å². The van der Waals surface area contributed by atoms with Gasteiger partial charge < -0.3 is 24.6 Å². The minimum absolute atomic E-state index is 0.0615. The number of piperidine rings is 1. The molecule has 0 unspecified atom stereocenters. The monoisotopic (exact) mass is 505 g/mol. The smallest absolute Gasteiger partial charge is 0.220 e. The summed E-state index contributed by atoms with van der Waals surface area (Å²) >= 11 is 0. The van der Waals surface area contributed by atoms with Gasteiger partial charge in [0, 0.05) is 24.6 Å². The lowest BCUT2D eigenvalue weighted by Crippen LogP contribution is -2.40. The summed E-state index contributed by atoms with van der Waals surface area (Å²) in [7, 11) is 3.22. The fourth-order valence-corrected chi connectivity index (χ4v) is 4.93. The van der Waals surface area contributed by atoms with Crippen LogP contribution in [0.1, 0.15) is 50.4 Å². The van der Waals surface area contributed by atoms with Crippen molar-refractivity contribution in [2.45, 2.75) is 52.0 Å². The lowest BCUT2D eigenvalue weighted by atomic mass is 9.81. The van der Waals surface area contributed by atoms with Gasteiger partial charge in [-0.3, -0.25) is 4.79 Å². The maximum absolute atomic E-state index is 12.8. The number of ether oxygens (including phenoxy) is 2. The fourth-order valence-electron chi connectivity index (χ4n) is 4.93. The maximum Gasteiger partial charge on any atom is 0.220 e. The van der Waals surface area contributed by atoms with Crippen LogP contribution in [0.5, 0.6) is 11.5 Å². The van der Waals surface area contributed by atoms with Crippen molar-refractivity contribution in [2.75, 3.05) is 27.3 Å². The van der Waals surface area contributed by atoms with Crippen molar-refractivity contribution in [1.29, 1.82) is 0 Å². The van der Waals surface area contributed by atoms with E-state index in [1.165, 1.54) is 5.56 Å². The van der Waals surface area contributed by atoms with E-state index in [2.05, 4.69) is 60.8 Å². The zero-order valence-corrected chi connectivity index (χ0v) is 22.6. The van der Waals surface area contributed by atoms with Crippen LogP contribution < -0.4 is 20.1 Å². The van der Waals surface area contributed by atoms with E-state index in [1.807, 2.05) is 24.3 Å². The largest absolute Gasteiger partial charge is 0.493 e. The van der Waals surface area contributed by atoms with Crippen molar-refractivity contribution in [3.05, 3.63) is 65.4 Å². The highest BCUT2D eigenvalue weighted by atomic mass is 16.5. The molecule has 1 aliphatic heterocycles. The first-order valence-electron chi connectivity index (χ1n) is 13.0. The molecule has 1 fully saturated rings. The van der Waals surface area contributed by atoms with Gasteiger partial charge in [0.1, 0.15) is 0 Å². The molecule has 37 heavy (non-hydrogen) atoms. The molecule has 0 bridgehead atoms. The van der Waals surface area contributed by atoms with E-state index < -0.39 is 0 Å². The highest BCUT2D eigenvalue weighted by Gasteiger charge is 2.28. The molecule has 198 valence electrons. The summed E-state index contributed by atoms with van der Waals surface area (Å²) in [5.74, 6) is 2.78. The Morgan fingerprint density at radius 3 is 2.51 bits per heavy atom. The van der Waals surface area contributed by atoms with Gasteiger partial charge in [0.15, 0.2) is 17.3 Å². The Hall–Kier alpha value is -3.32. The van der Waals surface area contributed by atoms with Gasteiger partial charge in [-0.1, -0.05) is 56.3 Å². The Labute approximate surface area is 219 Å². The van der Waals surface area contributed by atoms with E-state index in [-0.39, 0.29) is 17.2 Å². The van der Waals surface area contributed by atoms with Crippen LogP contribution in [0.4, 0.5) is 0 Å². The number of nitrogens with one attached hydrogen (secondary N) is 2. The summed E-state index contributed by atoms with van der Waals surface area (Å²) in [5.41, 5.74) is 4.33. The van der Waals surface area contributed by atoms with Crippen molar-refractivity contribution in [2.24, 2.45) is 11.8 Å². The summed E-state index contributed by atoms with van der Waals surface area (Å²) in [5, 5.41) is 10.9. The number of methoxy groups -OCH3 is 2. The molecule has 7 nitrogen and oxygen atoms in total. The summed E-state index contributed by atoms with van der Waals surface area (Å²) in [6, 6.07) is 16.2. The van der Waals surface area contributed by atoms with E-state index >= 15 is 0 Å². The highest BCUT2D eigenvalue weighted by Crippen LogP contribution is 2.30. The topological polar surface area (TPSA) is 85.6 Å². The van der Waals surface area contributed by atoms with Gasteiger partial charge in [-0.15, -0.1) is 0 Å². The molecule has 4 rings (SSSR count). The van der Waals surface area contributed by atoms with Gasteiger partial charge in [0.05, 0.1) is 19.9 Å². The molecule has 2 atom stereocenters. The predicted molar refractivity (Wildman–Crippen MR) is 145 cm³/mol. The second-order valence-corrected chi connectivity index (χ2v) is 10.9. The van der Waals surface area contributed by atoms with Gasteiger partial charge in [-0.25, -0.2) is 0 Å². The van der Waals surface area contributed by atoms with Gasteiger partial charge in [-0.2, -0.15) is 0 Å². The Morgan fingerprint density at radius 2 is 1.81 bits per heavy atom. The molecular formula is C30H39N3O4. The molecule has 1 saturated heterocycles. The predicted octanol–water partition coefficient (Wildman–Crippen LogP) is 5.13. The van der Waals surface area contributed by atoms with Gasteiger partial charge in [0.25, 0.3) is 0 Å². The summed E-state index contributed by atoms with van der Waals surface area (Å²) < 4.78 is 16.3. The maximum atomic E-state index is 12.8. The third-order valence-corrected chi connectivity index (χ3v) is 7.22. The minimum atomic E-state index is 0.0615. The van der Waals surface area contributed by atoms with Gasteiger partial charge >= 0.3 is 0 Å². The van der Waals surface area contributed by atoms with Crippen molar-refractivity contribution in [3.63, 3.8) is 0 Å². The third kappa shape index (κ3) is 6.92. The van der Waals surface area contributed by atoms with Crippen LogP contribution in [-0.4, -0.2) is 38.4 Å². The molecule has 0 spiro atoms. The summed E-state index contributed by atoms with van der Waals surface area (Å²) in [4.78, 5) is 12.8. The highest BCUT2D eigenvalue weighted by molar-refractivity contribution is 5.76. The number of nitrogens with zero attached hydrogens (tertiary/aromatic N) is 1. The molecular weight excluding hydrogens is 466 g/mol. The molecule has 1 amide bonds. The normalized spacial score (nSPS) is 17.9. The van der Waals surface area contributed by atoms with Crippen LogP contribution in [0.3, 0.4) is 0 Å². The number of carbonyl (C=O) groups is 1. The van der Waals surface area contributed by atoms with Crippen LogP contribution in [0.25, 0.3) is 11.3 Å². The van der Waals surface area contributed by atoms with E-state index in [9.17, 15) is 4.79 Å². The van der Waals surface area contributed by atoms with Crippen molar-refractivity contribution >= 4 is 5.91 Å². The van der Waals surface area contributed by atoms with E-state index in [1.54, 1.807) is 14.2 Å². The molecule has 7 heteroatoms. The Kier molecular flexibility index (Phi) is 8.54. The number of benzene rings is 2. The molecule has 1 aromatic heterocycles. The first-order valence-corrected chi connectivity index (χ1v) is 13.0. The van der Waals surface area contributed by atoms with Crippen LogP contribution in [0, 0.1) is 11.8 Å². The number of rotatable bonds is 9. The Balaban J connectivity index is 1.34. The van der Waals surface area contributed by atoms with Crippen LogP contribution >= 0.6 is 0 Å². The summed E-state index contributed by atoms with van der Waals surface area (Å²) in [6.07, 6.45) is 2.25. The second-order valence-electron chi connectivity index (χ2n) is 10.9. The van der Waals surface area contributed by atoms with Crippen LogP contribution in [0.2, 0.25) is 0 Å². The SMILES string of the molecule is COc1ccc(CNC(=O)C[C@@H]2CCNC[C@H]2Cc2cc(-c3ccc(C(C)(C)C)cc3)on2)cc1OC. The zero-order chi connectivity index (χ0) is 26.4. The molecule has 0 radical (unpaired) electrons. The number of hydrogen-bond donors (Lipinski definition) is 2. The first-order chi connectivity index (χ1) is 17.8. The standard InChI is InChI=1S/C30H39N3O4/c1-30(2,3)24-9-7-21(8-10-24)27-17-25(33-37-27)15-23-19-31-13-12-22(23)16-29(34)32-18-20-6-11-26(35-4)28(14-20)36-5/h6-11,14,17,22-23,31H,12-13,15-16,18-19H2,1-5H3,(H,32,34)/t22-,23+/m0/s1. The van der Waals surface area contributed by atoms with E-state index in [0.717, 1.165) is 48.5 Å². The second kappa shape index (κ2) is 11.8.